The van der Waals surface area contributed by atoms with E-state index in [2.05, 4.69) is 10.6 Å². The van der Waals surface area contributed by atoms with Gasteiger partial charge in [0, 0.05) is 17.8 Å². The molecule has 0 aliphatic rings. The number of anilines is 1. The quantitative estimate of drug-likeness (QED) is 0.750. The maximum atomic E-state index is 12.1. The Morgan fingerprint density at radius 2 is 1.95 bits per heavy atom. The summed E-state index contributed by atoms with van der Waals surface area (Å²) in [6.07, 6.45) is 0.851. The Labute approximate surface area is 126 Å². The molecule has 1 unspecified atom stereocenters. The maximum absolute atomic E-state index is 12.1. The lowest BCUT2D eigenvalue weighted by atomic mass is 9.99. The van der Waals surface area contributed by atoms with E-state index in [1.54, 1.807) is 18.2 Å². The van der Waals surface area contributed by atoms with Crippen LogP contribution in [0.15, 0.2) is 18.2 Å². The van der Waals surface area contributed by atoms with Crippen LogP contribution in [0.4, 0.5) is 5.69 Å². The van der Waals surface area contributed by atoms with Gasteiger partial charge < -0.3 is 16.4 Å². The number of carbonyl (C=O) groups excluding carboxylic acids is 2. The minimum Gasteiger partial charge on any atom is -0.352 e. The predicted octanol–water partition coefficient (Wildman–Crippen LogP) is 2.06. The molecule has 0 aromatic heterocycles. The molecule has 0 radical (unpaired) electrons. The van der Waals surface area contributed by atoms with Crippen LogP contribution in [0.2, 0.25) is 0 Å². The summed E-state index contributed by atoms with van der Waals surface area (Å²) in [6.45, 7) is 8.27. The molecule has 0 saturated heterocycles. The van der Waals surface area contributed by atoms with Crippen LogP contribution in [-0.4, -0.2) is 24.4 Å². The van der Waals surface area contributed by atoms with E-state index in [1.807, 2.05) is 27.7 Å². The van der Waals surface area contributed by atoms with E-state index < -0.39 is 6.04 Å². The van der Waals surface area contributed by atoms with E-state index >= 15 is 0 Å². The van der Waals surface area contributed by atoms with Crippen LogP contribution in [0, 0.1) is 12.8 Å². The maximum Gasteiger partial charge on any atom is 0.251 e. The second-order valence-electron chi connectivity index (χ2n) is 5.29. The number of benzene rings is 1. The van der Waals surface area contributed by atoms with Crippen LogP contribution in [0.25, 0.3) is 0 Å². The van der Waals surface area contributed by atoms with Gasteiger partial charge in [0.1, 0.15) is 0 Å². The summed E-state index contributed by atoms with van der Waals surface area (Å²) < 4.78 is 0. The number of aryl methyl sites for hydroxylation is 1. The molecule has 116 valence electrons. The Kier molecular flexibility index (Phi) is 6.37. The van der Waals surface area contributed by atoms with Gasteiger partial charge in [-0.05, 0) is 43.5 Å². The van der Waals surface area contributed by atoms with Crippen molar-refractivity contribution in [3.8, 4) is 0 Å². The van der Waals surface area contributed by atoms with E-state index in [9.17, 15) is 9.59 Å². The van der Waals surface area contributed by atoms with Gasteiger partial charge in [0.2, 0.25) is 5.91 Å². The largest absolute Gasteiger partial charge is 0.352 e. The molecule has 0 bridgehead atoms. The van der Waals surface area contributed by atoms with Crippen LogP contribution in [-0.2, 0) is 4.79 Å². The third-order valence-electron chi connectivity index (χ3n) is 3.64. The van der Waals surface area contributed by atoms with Gasteiger partial charge in [-0.15, -0.1) is 0 Å². The Bertz CT molecular complexity index is 514. The number of nitrogens with two attached hydrogens (primary N) is 1. The Balaban J connectivity index is 2.81. The van der Waals surface area contributed by atoms with E-state index in [4.69, 9.17) is 5.73 Å². The average molecular weight is 291 g/mol. The summed E-state index contributed by atoms with van der Waals surface area (Å²) in [5.74, 6) is -0.187. The lowest BCUT2D eigenvalue weighted by molar-refractivity contribution is -0.118. The highest BCUT2D eigenvalue weighted by atomic mass is 16.2. The zero-order valence-corrected chi connectivity index (χ0v) is 13.2. The molecule has 1 aromatic carbocycles. The lowest BCUT2D eigenvalue weighted by Crippen LogP contribution is -2.40. The van der Waals surface area contributed by atoms with Crippen LogP contribution in [0.1, 0.15) is 43.1 Å². The van der Waals surface area contributed by atoms with Gasteiger partial charge in [0.15, 0.2) is 0 Å². The van der Waals surface area contributed by atoms with Crippen molar-refractivity contribution in [1.82, 2.24) is 5.32 Å². The molecule has 2 amide bonds. The normalized spacial score (nSPS) is 13.4. The molecular formula is C16H25N3O2. The molecule has 2 atom stereocenters. The first-order valence-corrected chi connectivity index (χ1v) is 7.35. The summed E-state index contributed by atoms with van der Waals surface area (Å²) in [6, 6.07) is 4.66. The minimum absolute atomic E-state index is 0.116. The van der Waals surface area contributed by atoms with Crippen LogP contribution in [0.5, 0.6) is 0 Å². The summed E-state index contributed by atoms with van der Waals surface area (Å²) in [4.78, 5) is 23.8. The van der Waals surface area contributed by atoms with Crippen molar-refractivity contribution in [2.45, 2.75) is 40.2 Å². The number of hydrogen-bond acceptors (Lipinski definition) is 3. The molecule has 5 heteroatoms. The first-order valence-electron chi connectivity index (χ1n) is 7.35. The molecule has 0 aliphatic carbocycles. The molecule has 21 heavy (non-hydrogen) atoms. The molecule has 0 spiro atoms. The molecule has 5 nitrogen and oxygen atoms in total. The molecule has 0 fully saturated rings. The van der Waals surface area contributed by atoms with Crippen molar-refractivity contribution in [3.63, 3.8) is 0 Å². The zero-order valence-electron chi connectivity index (χ0n) is 13.2. The molecule has 4 N–H and O–H groups in total. The molecule has 1 rings (SSSR count). The van der Waals surface area contributed by atoms with Crippen molar-refractivity contribution < 1.29 is 9.59 Å². The van der Waals surface area contributed by atoms with Gasteiger partial charge in [-0.2, -0.15) is 0 Å². The van der Waals surface area contributed by atoms with Gasteiger partial charge in [0.05, 0.1) is 6.04 Å². The van der Waals surface area contributed by atoms with Crippen molar-refractivity contribution in [3.05, 3.63) is 29.3 Å². The van der Waals surface area contributed by atoms with Gasteiger partial charge >= 0.3 is 0 Å². The number of amides is 2. The van der Waals surface area contributed by atoms with Crippen molar-refractivity contribution in [2.24, 2.45) is 11.7 Å². The summed E-state index contributed by atoms with van der Waals surface area (Å²) in [5.41, 5.74) is 8.02. The minimum atomic E-state index is -0.530. The summed E-state index contributed by atoms with van der Waals surface area (Å²) in [7, 11) is 0. The standard InChI is InChI=1S/C16H25N3O2/c1-5-10(3)14(17)16(21)19-13-8-7-12(9-11(13)4)15(20)18-6-2/h7-10,14H,5-6,17H2,1-4H3,(H,18,20)(H,19,21)/t10?,14-/m0/s1. The van der Waals surface area contributed by atoms with E-state index in [0.29, 0.717) is 17.8 Å². The van der Waals surface area contributed by atoms with Gasteiger partial charge in [-0.3, -0.25) is 9.59 Å². The fourth-order valence-electron chi connectivity index (χ4n) is 1.94. The summed E-state index contributed by atoms with van der Waals surface area (Å²) in [5, 5.41) is 5.57. The predicted molar refractivity (Wildman–Crippen MR) is 85.2 cm³/mol. The molecule has 0 aliphatic heterocycles. The third-order valence-corrected chi connectivity index (χ3v) is 3.64. The molecular weight excluding hydrogens is 266 g/mol. The Morgan fingerprint density at radius 1 is 1.29 bits per heavy atom. The monoisotopic (exact) mass is 291 g/mol. The fraction of sp³-hybridized carbons (Fsp3) is 0.500. The topological polar surface area (TPSA) is 84.2 Å². The Hall–Kier alpha value is -1.88. The first kappa shape index (κ1) is 17.2. The number of hydrogen-bond donors (Lipinski definition) is 3. The molecule has 0 heterocycles. The number of nitrogens with one attached hydrogen (secondary N) is 2. The fourth-order valence-corrected chi connectivity index (χ4v) is 1.94. The van der Waals surface area contributed by atoms with Crippen LogP contribution >= 0.6 is 0 Å². The van der Waals surface area contributed by atoms with Crippen molar-refractivity contribution in [1.29, 1.82) is 0 Å². The average Bonchev–Trinajstić information content (AvgIpc) is 2.47. The Morgan fingerprint density at radius 3 is 2.48 bits per heavy atom. The molecule has 1 aromatic rings. The van der Waals surface area contributed by atoms with Gasteiger partial charge in [-0.25, -0.2) is 0 Å². The highest BCUT2D eigenvalue weighted by Gasteiger charge is 2.20. The van der Waals surface area contributed by atoms with E-state index in [0.717, 1.165) is 12.0 Å². The van der Waals surface area contributed by atoms with Crippen LogP contribution < -0.4 is 16.4 Å². The highest BCUT2D eigenvalue weighted by molar-refractivity contribution is 5.98. The number of rotatable bonds is 6. The first-order chi connectivity index (χ1) is 9.90. The second kappa shape index (κ2) is 7.78. The number of carbonyl (C=O) groups is 2. The SMILES string of the molecule is CCNC(=O)c1ccc(NC(=O)[C@@H](N)C(C)CC)c(C)c1. The van der Waals surface area contributed by atoms with Crippen molar-refractivity contribution in [2.75, 3.05) is 11.9 Å². The second-order valence-corrected chi connectivity index (χ2v) is 5.29. The summed E-state index contributed by atoms with van der Waals surface area (Å²) >= 11 is 0. The van der Waals surface area contributed by atoms with Gasteiger partial charge in [0.25, 0.3) is 5.91 Å². The lowest BCUT2D eigenvalue weighted by Gasteiger charge is -2.18. The van der Waals surface area contributed by atoms with Crippen molar-refractivity contribution >= 4 is 17.5 Å². The van der Waals surface area contributed by atoms with E-state index in [-0.39, 0.29) is 17.7 Å². The van der Waals surface area contributed by atoms with Crippen LogP contribution in [0.3, 0.4) is 0 Å². The zero-order chi connectivity index (χ0) is 16.0. The highest BCUT2D eigenvalue weighted by Crippen LogP contribution is 2.18. The third kappa shape index (κ3) is 4.56. The smallest absolute Gasteiger partial charge is 0.251 e. The molecule has 0 saturated carbocycles. The van der Waals surface area contributed by atoms with Gasteiger partial charge in [-0.1, -0.05) is 20.3 Å². The van der Waals surface area contributed by atoms with E-state index in [1.165, 1.54) is 0 Å².